The Morgan fingerprint density at radius 3 is 2.54 bits per heavy atom. The van der Waals surface area contributed by atoms with Crippen LogP contribution in [0, 0.1) is 0 Å². The Balaban J connectivity index is 1.36. The van der Waals surface area contributed by atoms with Gasteiger partial charge in [-0.1, -0.05) is 72.8 Å². The SMILES string of the molecule is CN(Cc1ccccc1-c1ccccc1)C(=O)NCC1Cc2ccccc2O1. The molecule has 1 heterocycles. The third-order valence-corrected chi connectivity index (χ3v) is 5.05. The molecular weight excluding hydrogens is 348 g/mol. The van der Waals surface area contributed by atoms with Crippen molar-refractivity contribution in [2.24, 2.45) is 0 Å². The third kappa shape index (κ3) is 4.01. The Hall–Kier alpha value is -3.27. The van der Waals surface area contributed by atoms with Gasteiger partial charge in [-0.25, -0.2) is 4.79 Å². The molecule has 1 aliphatic heterocycles. The van der Waals surface area contributed by atoms with Crippen molar-refractivity contribution in [1.82, 2.24) is 10.2 Å². The number of carbonyl (C=O) groups excluding carboxylic acids is 1. The number of nitrogens with one attached hydrogen (secondary N) is 1. The van der Waals surface area contributed by atoms with E-state index in [1.54, 1.807) is 4.90 Å². The van der Waals surface area contributed by atoms with Gasteiger partial charge in [0.15, 0.2) is 0 Å². The van der Waals surface area contributed by atoms with Gasteiger partial charge in [0.2, 0.25) is 0 Å². The van der Waals surface area contributed by atoms with Crippen LogP contribution < -0.4 is 10.1 Å². The van der Waals surface area contributed by atoms with Gasteiger partial charge in [0.1, 0.15) is 11.9 Å². The molecule has 1 N–H and O–H groups in total. The lowest BCUT2D eigenvalue weighted by Crippen LogP contribution is -2.41. The average molecular weight is 372 g/mol. The maximum atomic E-state index is 12.6. The van der Waals surface area contributed by atoms with Crippen molar-refractivity contribution < 1.29 is 9.53 Å². The van der Waals surface area contributed by atoms with Crippen LogP contribution in [-0.4, -0.2) is 30.6 Å². The van der Waals surface area contributed by atoms with Gasteiger partial charge >= 0.3 is 6.03 Å². The van der Waals surface area contributed by atoms with Gasteiger partial charge in [-0.3, -0.25) is 0 Å². The van der Waals surface area contributed by atoms with Gasteiger partial charge in [0.25, 0.3) is 0 Å². The number of nitrogens with zero attached hydrogens (tertiary/aromatic N) is 1. The Bertz CT molecular complexity index is 931. The highest BCUT2D eigenvalue weighted by Crippen LogP contribution is 2.28. The standard InChI is InChI=1S/C24H24N2O2/c1-26(17-20-12-5-7-13-22(20)18-9-3-2-4-10-18)24(27)25-16-21-15-19-11-6-8-14-23(19)28-21/h2-14,21H,15-17H2,1H3,(H,25,27). The lowest BCUT2D eigenvalue weighted by Gasteiger charge is -2.21. The smallest absolute Gasteiger partial charge is 0.317 e. The predicted octanol–water partition coefficient (Wildman–Crippen LogP) is 4.50. The molecule has 1 unspecified atom stereocenters. The van der Waals surface area contributed by atoms with Gasteiger partial charge in [-0.2, -0.15) is 0 Å². The lowest BCUT2D eigenvalue weighted by atomic mass is 9.99. The minimum atomic E-state index is -0.0950. The van der Waals surface area contributed by atoms with Crippen molar-refractivity contribution in [3.05, 3.63) is 90.0 Å². The van der Waals surface area contributed by atoms with E-state index in [0.29, 0.717) is 13.1 Å². The number of hydrogen-bond donors (Lipinski definition) is 1. The number of ether oxygens (including phenoxy) is 1. The number of rotatable bonds is 5. The zero-order valence-electron chi connectivity index (χ0n) is 16.0. The van der Waals surface area contributed by atoms with E-state index >= 15 is 0 Å². The molecule has 3 aromatic carbocycles. The van der Waals surface area contributed by atoms with Gasteiger partial charge in [-0.15, -0.1) is 0 Å². The Labute approximate surface area is 165 Å². The molecule has 0 fully saturated rings. The second-order valence-corrected chi connectivity index (χ2v) is 7.12. The fourth-order valence-corrected chi connectivity index (χ4v) is 3.59. The number of benzene rings is 3. The summed E-state index contributed by atoms with van der Waals surface area (Å²) in [5.74, 6) is 0.923. The number of para-hydroxylation sites is 1. The maximum Gasteiger partial charge on any atom is 0.317 e. The fraction of sp³-hybridized carbons (Fsp3) is 0.208. The average Bonchev–Trinajstić information content (AvgIpc) is 3.16. The molecule has 0 bridgehead atoms. The number of carbonyl (C=O) groups is 1. The molecule has 28 heavy (non-hydrogen) atoms. The number of hydrogen-bond acceptors (Lipinski definition) is 2. The molecule has 1 aliphatic rings. The molecule has 4 nitrogen and oxygen atoms in total. The molecule has 1 atom stereocenters. The monoisotopic (exact) mass is 372 g/mol. The number of fused-ring (bicyclic) bond motifs is 1. The molecule has 0 saturated heterocycles. The van der Waals surface area contributed by atoms with E-state index in [1.165, 1.54) is 5.56 Å². The summed E-state index contributed by atoms with van der Waals surface area (Å²) in [4.78, 5) is 14.3. The normalized spacial score (nSPS) is 14.8. The van der Waals surface area contributed by atoms with Gasteiger partial charge in [-0.05, 0) is 28.3 Å². The summed E-state index contributed by atoms with van der Waals surface area (Å²) in [5.41, 5.74) is 4.63. The predicted molar refractivity (Wildman–Crippen MR) is 111 cm³/mol. The summed E-state index contributed by atoms with van der Waals surface area (Å²) < 4.78 is 5.90. The van der Waals surface area contributed by atoms with Gasteiger partial charge in [0, 0.05) is 20.0 Å². The highest BCUT2D eigenvalue weighted by atomic mass is 16.5. The van der Waals surface area contributed by atoms with Crippen molar-refractivity contribution in [1.29, 1.82) is 0 Å². The largest absolute Gasteiger partial charge is 0.488 e. The van der Waals surface area contributed by atoms with Crippen LogP contribution >= 0.6 is 0 Å². The fourth-order valence-electron chi connectivity index (χ4n) is 3.59. The molecule has 0 aliphatic carbocycles. The van der Waals surface area contributed by atoms with E-state index in [2.05, 4.69) is 35.6 Å². The van der Waals surface area contributed by atoms with E-state index in [4.69, 9.17) is 4.74 Å². The number of urea groups is 1. The highest BCUT2D eigenvalue weighted by Gasteiger charge is 2.23. The highest BCUT2D eigenvalue weighted by molar-refractivity contribution is 5.75. The van der Waals surface area contributed by atoms with Crippen molar-refractivity contribution in [2.45, 2.75) is 19.1 Å². The lowest BCUT2D eigenvalue weighted by molar-refractivity contribution is 0.191. The van der Waals surface area contributed by atoms with Gasteiger partial charge in [0.05, 0.1) is 6.54 Å². The second kappa shape index (κ2) is 8.17. The van der Waals surface area contributed by atoms with Gasteiger partial charge < -0.3 is 15.0 Å². The van der Waals surface area contributed by atoms with Crippen molar-refractivity contribution in [3.8, 4) is 16.9 Å². The zero-order valence-corrected chi connectivity index (χ0v) is 16.0. The summed E-state index contributed by atoms with van der Waals surface area (Å²) in [6, 6.07) is 26.4. The molecule has 142 valence electrons. The quantitative estimate of drug-likeness (QED) is 0.716. The first-order valence-electron chi connectivity index (χ1n) is 9.57. The van der Waals surface area contributed by atoms with Crippen LogP contribution in [0.15, 0.2) is 78.9 Å². The summed E-state index contributed by atoms with van der Waals surface area (Å²) in [6.07, 6.45) is 0.822. The topological polar surface area (TPSA) is 41.6 Å². The van der Waals surface area contributed by atoms with Crippen LogP contribution in [0.3, 0.4) is 0 Å². The summed E-state index contributed by atoms with van der Waals surface area (Å²) in [7, 11) is 1.82. The Morgan fingerprint density at radius 2 is 1.71 bits per heavy atom. The summed E-state index contributed by atoms with van der Waals surface area (Å²) in [5, 5.41) is 3.00. The molecule has 0 saturated carbocycles. The Morgan fingerprint density at radius 1 is 1.00 bits per heavy atom. The van der Waals surface area contributed by atoms with Crippen molar-refractivity contribution in [2.75, 3.05) is 13.6 Å². The van der Waals surface area contributed by atoms with E-state index in [-0.39, 0.29) is 12.1 Å². The van der Waals surface area contributed by atoms with Crippen molar-refractivity contribution in [3.63, 3.8) is 0 Å². The molecule has 0 aromatic heterocycles. The van der Waals surface area contributed by atoms with E-state index in [0.717, 1.165) is 28.9 Å². The molecular formula is C24H24N2O2. The minimum Gasteiger partial charge on any atom is -0.488 e. The van der Waals surface area contributed by atoms with Crippen LogP contribution in [0.4, 0.5) is 4.79 Å². The summed E-state index contributed by atoms with van der Waals surface area (Å²) in [6.45, 7) is 1.04. The first-order chi connectivity index (χ1) is 13.7. The molecule has 0 radical (unpaired) electrons. The molecule has 2 amide bonds. The van der Waals surface area contributed by atoms with Crippen LogP contribution in [0.5, 0.6) is 5.75 Å². The van der Waals surface area contributed by atoms with E-state index in [9.17, 15) is 4.79 Å². The van der Waals surface area contributed by atoms with E-state index < -0.39 is 0 Å². The van der Waals surface area contributed by atoms with Crippen molar-refractivity contribution >= 4 is 6.03 Å². The zero-order chi connectivity index (χ0) is 19.3. The Kier molecular flexibility index (Phi) is 5.29. The van der Waals surface area contributed by atoms with Crippen LogP contribution in [-0.2, 0) is 13.0 Å². The first kappa shape index (κ1) is 18.1. The van der Waals surface area contributed by atoms with Crippen LogP contribution in [0.2, 0.25) is 0 Å². The maximum absolute atomic E-state index is 12.6. The van der Waals surface area contributed by atoms with E-state index in [1.807, 2.05) is 55.6 Å². The minimum absolute atomic E-state index is 0.00800. The van der Waals surface area contributed by atoms with Crippen LogP contribution in [0.25, 0.3) is 11.1 Å². The molecule has 3 aromatic rings. The molecule has 4 rings (SSSR count). The first-order valence-corrected chi connectivity index (χ1v) is 9.57. The van der Waals surface area contributed by atoms with Crippen LogP contribution in [0.1, 0.15) is 11.1 Å². The molecule has 0 spiro atoms. The second-order valence-electron chi connectivity index (χ2n) is 7.12. The third-order valence-electron chi connectivity index (χ3n) is 5.05. The summed E-state index contributed by atoms with van der Waals surface area (Å²) >= 11 is 0. The molecule has 4 heteroatoms. The number of amides is 2.